The van der Waals surface area contributed by atoms with Gasteiger partial charge in [0.25, 0.3) is 10.0 Å². The first-order chi connectivity index (χ1) is 15.6. The predicted octanol–water partition coefficient (Wildman–Crippen LogP) is 2.75. The fourth-order valence-corrected chi connectivity index (χ4v) is 5.39. The summed E-state index contributed by atoms with van der Waals surface area (Å²) >= 11 is 0. The number of halogens is 1. The average Bonchev–Trinajstić information content (AvgIpc) is 3.39. The zero-order valence-electron chi connectivity index (χ0n) is 18.3. The molecule has 0 saturated carbocycles. The second-order valence-corrected chi connectivity index (χ2v) is 10.6. The lowest BCUT2D eigenvalue weighted by molar-refractivity contribution is -0.118. The fraction of sp³-hybridized carbons (Fsp3) is 0.348. The molecule has 172 valence electrons. The van der Waals surface area contributed by atoms with Crippen LogP contribution in [0.25, 0.3) is 11.1 Å². The third kappa shape index (κ3) is 3.88. The number of hydrogen-bond donors (Lipinski definition) is 1. The van der Waals surface area contributed by atoms with Gasteiger partial charge in [0.1, 0.15) is 6.61 Å². The van der Waals surface area contributed by atoms with Gasteiger partial charge in [-0.2, -0.15) is 13.5 Å². The summed E-state index contributed by atoms with van der Waals surface area (Å²) in [4.78, 5) is 17.2. The zero-order valence-corrected chi connectivity index (χ0v) is 19.1. The number of benzene rings is 1. The average molecular weight is 471 g/mol. The van der Waals surface area contributed by atoms with E-state index in [1.807, 2.05) is 16.9 Å². The minimum atomic E-state index is -4.50. The van der Waals surface area contributed by atoms with Crippen LogP contribution >= 0.6 is 0 Å². The highest BCUT2D eigenvalue weighted by atomic mass is 32.2. The van der Waals surface area contributed by atoms with Gasteiger partial charge in [-0.05, 0) is 67.0 Å². The molecule has 5 rings (SSSR count). The second-order valence-electron chi connectivity index (χ2n) is 9.00. The summed E-state index contributed by atoms with van der Waals surface area (Å²) in [6.45, 7) is 3.53. The van der Waals surface area contributed by atoms with Gasteiger partial charge >= 0.3 is 0 Å². The molecule has 0 fully saturated rings. The van der Waals surface area contributed by atoms with E-state index in [0.29, 0.717) is 5.88 Å². The van der Waals surface area contributed by atoms with Gasteiger partial charge in [0, 0.05) is 12.3 Å². The summed E-state index contributed by atoms with van der Waals surface area (Å²) in [5.74, 6) is -1.42. The van der Waals surface area contributed by atoms with E-state index in [0.717, 1.165) is 53.3 Å². The maximum absolute atomic E-state index is 14.6. The standard InChI is InChI=1S/C23H23FN4O4S/c1-23(2)13-32-21-10-15(8-9-25-21)17-7-6-14-4-3-5-16(14)18(17)11-20(29)27-33(30,31)22-19(24)12-28(23)26-22/h6-10,12H,3-5,11,13H2,1-2H3,(H,27,29). The van der Waals surface area contributed by atoms with Crippen LogP contribution in [-0.4, -0.2) is 35.7 Å². The first-order valence-electron chi connectivity index (χ1n) is 10.7. The van der Waals surface area contributed by atoms with E-state index in [-0.39, 0.29) is 13.0 Å². The number of pyridine rings is 1. The maximum Gasteiger partial charge on any atom is 0.286 e. The van der Waals surface area contributed by atoms with Gasteiger partial charge < -0.3 is 4.74 Å². The van der Waals surface area contributed by atoms with Crippen molar-refractivity contribution < 1.29 is 22.3 Å². The van der Waals surface area contributed by atoms with Crippen molar-refractivity contribution in [3.05, 3.63) is 59.2 Å². The third-order valence-corrected chi connectivity index (χ3v) is 7.40. The molecule has 1 aliphatic heterocycles. The predicted molar refractivity (Wildman–Crippen MR) is 118 cm³/mol. The summed E-state index contributed by atoms with van der Waals surface area (Å²) in [6.07, 6.45) is 5.13. The number of sulfonamides is 1. The number of fused-ring (bicyclic) bond motifs is 8. The summed E-state index contributed by atoms with van der Waals surface area (Å²) in [7, 11) is -4.50. The highest BCUT2D eigenvalue weighted by Gasteiger charge is 2.32. The van der Waals surface area contributed by atoms with E-state index >= 15 is 0 Å². The van der Waals surface area contributed by atoms with Gasteiger partial charge in [-0.25, -0.2) is 14.1 Å². The molecule has 3 aromatic rings. The van der Waals surface area contributed by atoms with Crippen LogP contribution in [0.5, 0.6) is 5.88 Å². The topological polar surface area (TPSA) is 103 Å². The van der Waals surface area contributed by atoms with Crippen molar-refractivity contribution in [2.75, 3.05) is 6.61 Å². The molecule has 0 unspecified atom stereocenters. The molecule has 4 bridgehead atoms. The van der Waals surface area contributed by atoms with Gasteiger partial charge in [-0.3, -0.25) is 9.48 Å². The first kappa shape index (κ1) is 21.6. The number of amides is 1. The van der Waals surface area contributed by atoms with E-state index in [4.69, 9.17) is 4.74 Å². The van der Waals surface area contributed by atoms with Crippen LogP contribution in [0.3, 0.4) is 0 Å². The van der Waals surface area contributed by atoms with Gasteiger partial charge in [-0.1, -0.05) is 12.1 Å². The Balaban J connectivity index is 1.68. The maximum atomic E-state index is 14.6. The van der Waals surface area contributed by atoms with Crippen LogP contribution in [0.15, 0.2) is 41.7 Å². The van der Waals surface area contributed by atoms with E-state index in [9.17, 15) is 17.6 Å². The lowest BCUT2D eigenvalue weighted by atomic mass is 9.91. The molecule has 2 aliphatic rings. The molecule has 0 spiro atoms. The Hall–Kier alpha value is -3.27. The van der Waals surface area contributed by atoms with Crippen molar-refractivity contribution in [3.8, 4) is 17.0 Å². The Morgan fingerprint density at radius 2 is 2.00 bits per heavy atom. The summed E-state index contributed by atoms with van der Waals surface area (Å²) in [6, 6.07) is 7.62. The number of rotatable bonds is 0. The van der Waals surface area contributed by atoms with E-state index in [1.54, 1.807) is 26.1 Å². The Morgan fingerprint density at radius 1 is 1.18 bits per heavy atom. The number of aromatic nitrogens is 3. The SMILES string of the molecule is CC1(C)COc2cc(ccn2)-c2ccc3c(c2CC(=O)NS(=O)(=O)c2nn1cc2F)CCC3. The minimum Gasteiger partial charge on any atom is -0.475 e. The van der Waals surface area contributed by atoms with Crippen LogP contribution in [0.1, 0.15) is 37.0 Å². The van der Waals surface area contributed by atoms with Crippen molar-refractivity contribution in [2.24, 2.45) is 0 Å². The Kier molecular flexibility index (Phi) is 5.00. The summed E-state index contributed by atoms with van der Waals surface area (Å²) in [5, 5.41) is 3.11. The van der Waals surface area contributed by atoms with Crippen LogP contribution in [-0.2, 0) is 39.6 Å². The Morgan fingerprint density at radius 3 is 2.82 bits per heavy atom. The number of ether oxygens (including phenoxy) is 1. The van der Waals surface area contributed by atoms with Crippen molar-refractivity contribution >= 4 is 15.9 Å². The lowest BCUT2D eigenvalue weighted by Crippen LogP contribution is -2.35. The van der Waals surface area contributed by atoms with Gasteiger partial charge in [0.05, 0.1) is 18.2 Å². The highest BCUT2D eigenvalue weighted by molar-refractivity contribution is 7.90. The Labute approximate surface area is 190 Å². The van der Waals surface area contributed by atoms with Gasteiger partial charge in [0.2, 0.25) is 16.8 Å². The number of nitrogens with one attached hydrogen (secondary N) is 1. The van der Waals surface area contributed by atoms with Gasteiger partial charge in [-0.15, -0.1) is 0 Å². The van der Waals surface area contributed by atoms with E-state index in [1.165, 1.54) is 4.68 Å². The molecule has 1 aromatic carbocycles. The van der Waals surface area contributed by atoms with E-state index in [2.05, 4.69) is 16.1 Å². The fourth-order valence-electron chi connectivity index (χ4n) is 4.41. The molecule has 1 amide bonds. The monoisotopic (exact) mass is 470 g/mol. The molecular weight excluding hydrogens is 447 g/mol. The molecule has 1 aliphatic carbocycles. The number of carbonyl (C=O) groups excluding carboxylic acids is 1. The summed E-state index contributed by atoms with van der Waals surface area (Å²) < 4.78 is 49.3. The molecule has 33 heavy (non-hydrogen) atoms. The van der Waals surface area contributed by atoms with Crippen molar-refractivity contribution in [1.82, 2.24) is 19.5 Å². The van der Waals surface area contributed by atoms with Crippen LogP contribution in [0.2, 0.25) is 0 Å². The van der Waals surface area contributed by atoms with Crippen LogP contribution < -0.4 is 9.46 Å². The highest BCUT2D eigenvalue weighted by Crippen LogP contribution is 2.35. The Bertz CT molecular complexity index is 1380. The molecule has 2 aromatic heterocycles. The zero-order chi connectivity index (χ0) is 23.4. The quantitative estimate of drug-likeness (QED) is 0.542. The number of nitrogens with zero attached hydrogens (tertiary/aromatic N) is 3. The van der Waals surface area contributed by atoms with Crippen LogP contribution in [0, 0.1) is 5.82 Å². The molecule has 0 atom stereocenters. The van der Waals surface area contributed by atoms with Crippen molar-refractivity contribution in [3.63, 3.8) is 0 Å². The van der Waals surface area contributed by atoms with Crippen molar-refractivity contribution in [1.29, 1.82) is 0 Å². The van der Waals surface area contributed by atoms with Crippen molar-refractivity contribution in [2.45, 2.75) is 50.1 Å². The lowest BCUT2D eigenvalue weighted by Gasteiger charge is -2.25. The van der Waals surface area contributed by atoms with E-state index < -0.39 is 32.3 Å². The molecular formula is C23H23FN4O4S. The normalized spacial score (nSPS) is 18.8. The molecule has 1 N–H and O–H groups in total. The smallest absolute Gasteiger partial charge is 0.286 e. The van der Waals surface area contributed by atoms with Gasteiger partial charge in [0.15, 0.2) is 5.82 Å². The molecule has 0 radical (unpaired) electrons. The number of aryl methyl sites for hydroxylation is 1. The molecule has 10 heteroatoms. The molecule has 3 heterocycles. The third-order valence-electron chi connectivity index (χ3n) is 6.12. The number of carbonyl (C=O) groups is 1. The summed E-state index contributed by atoms with van der Waals surface area (Å²) in [5.41, 5.74) is 3.71. The minimum absolute atomic E-state index is 0.0630. The molecule has 8 nitrogen and oxygen atoms in total. The second kappa shape index (κ2) is 7.65. The largest absolute Gasteiger partial charge is 0.475 e. The first-order valence-corrected chi connectivity index (χ1v) is 12.2. The van der Waals surface area contributed by atoms with Crippen LogP contribution in [0.4, 0.5) is 4.39 Å². The molecule has 0 saturated heterocycles. The number of hydrogen-bond acceptors (Lipinski definition) is 6.